The first-order valence-electron chi connectivity index (χ1n) is 7.25. The summed E-state index contributed by atoms with van der Waals surface area (Å²) in [6, 6.07) is 5.34. The monoisotopic (exact) mass is 290 g/mol. The van der Waals surface area contributed by atoms with Crippen molar-refractivity contribution in [3.63, 3.8) is 0 Å². The van der Waals surface area contributed by atoms with E-state index in [1.165, 1.54) is 0 Å². The Balaban J connectivity index is 2.08. The minimum Gasteiger partial charge on any atom is -0.397 e. The summed E-state index contributed by atoms with van der Waals surface area (Å²) in [4.78, 5) is 25.1. The van der Waals surface area contributed by atoms with Gasteiger partial charge in [0.1, 0.15) is 0 Å². The number of benzene rings is 1. The SMILES string of the molecule is CCNC(=O)c1ccc(N2CCC(C(N)=O)CC2)c(N)c1. The van der Waals surface area contributed by atoms with E-state index in [4.69, 9.17) is 11.5 Å². The molecule has 6 nitrogen and oxygen atoms in total. The molecule has 2 rings (SSSR count). The zero-order valence-corrected chi connectivity index (χ0v) is 12.3. The van der Waals surface area contributed by atoms with E-state index in [9.17, 15) is 9.59 Å². The Bertz CT molecular complexity index is 536. The smallest absolute Gasteiger partial charge is 0.251 e. The number of carbonyl (C=O) groups is 2. The minimum absolute atomic E-state index is 0.0444. The van der Waals surface area contributed by atoms with Gasteiger partial charge in [-0.3, -0.25) is 9.59 Å². The number of primary amides is 1. The van der Waals surface area contributed by atoms with Gasteiger partial charge < -0.3 is 21.7 Å². The second-order valence-corrected chi connectivity index (χ2v) is 5.30. The Morgan fingerprint density at radius 1 is 1.33 bits per heavy atom. The van der Waals surface area contributed by atoms with Crippen molar-refractivity contribution in [2.45, 2.75) is 19.8 Å². The summed E-state index contributed by atoms with van der Waals surface area (Å²) in [5.41, 5.74) is 13.5. The highest BCUT2D eigenvalue weighted by Crippen LogP contribution is 2.28. The number of rotatable bonds is 4. The number of hydrogen-bond donors (Lipinski definition) is 3. The Labute approximate surface area is 124 Å². The maximum absolute atomic E-state index is 11.8. The number of amides is 2. The molecule has 0 saturated carbocycles. The number of piperidine rings is 1. The highest BCUT2D eigenvalue weighted by Gasteiger charge is 2.24. The average molecular weight is 290 g/mol. The topological polar surface area (TPSA) is 101 Å². The number of nitrogens with one attached hydrogen (secondary N) is 1. The quantitative estimate of drug-likeness (QED) is 0.711. The lowest BCUT2D eigenvalue weighted by Crippen LogP contribution is -2.38. The fourth-order valence-electron chi connectivity index (χ4n) is 2.65. The van der Waals surface area contributed by atoms with Crippen LogP contribution in [0.25, 0.3) is 0 Å². The Hall–Kier alpha value is -2.24. The van der Waals surface area contributed by atoms with Crippen LogP contribution in [0.2, 0.25) is 0 Å². The van der Waals surface area contributed by atoms with Crippen molar-refractivity contribution in [2.75, 3.05) is 30.3 Å². The third-order valence-electron chi connectivity index (χ3n) is 3.87. The molecule has 1 saturated heterocycles. The van der Waals surface area contributed by atoms with Crippen LogP contribution in [-0.2, 0) is 4.79 Å². The van der Waals surface area contributed by atoms with Crippen LogP contribution in [0.3, 0.4) is 0 Å². The molecule has 0 aromatic heterocycles. The number of nitrogen functional groups attached to an aromatic ring is 1. The molecule has 0 radical (unpaired) electrons. The highest BCUT2D eigenvalue weighted by molar-refractivity contribution is 5.96. The standard InChI is InChI=1S/C15H22N4O2/c1-2-18-15(21)11-3-4-13(12(16)9-11)19-7-5-10(6-8-19)14(17)20/h3-4,9-10H,2,5-8,16H2,1H3,(H2,17,20)(H,18,21). The molecule has 0 unspecified atom stereocenters. The highest BCUT2D eigenvalue weighted by atomic mass is 16.2. The van der Waals surface area contributed by atoms with Crippen LogP contribution in [-0.4, -0.2) is 31.4 Å². The summed E-state index contributed by atoms with van der Waals surface area (Å²) < 4.78 is 0. The van der Waals surface area contributed by atoms with Gasteiger partial charge in [0, 0.05) is 31.1 Å². The fourth-order valence-corrected chi connectivity index (χ4v) is 2.65. The molecule has 5 N–H and O–H groups in total. The summed E-state index contributed by atoms with van der Waals surface area (Å²) in [6.45, 7) is 3.95. The Morgan fingerprint density at radius 2 is 2.00 bits per heavy atom. The van der Waals surface area contributed by atoms with Gasteiger partial charge in [-0.15, -0.1) is 0 Å². The predicted octanol–water partition coefficient (Wildman–Crippen LogP) is 0.720. The Morgan fingerprint density at radius 3 is 2.52 bits per heavy atom. The van der Waals surface area contributed by atoms with Crippen molar-refractivity contribution in [1.29, 1.82) is 0 Å². The maximum Gasteiger partial charge on any atom is 0.251 e. The van der Waals surface area contributed by atoms with Gasteiger partial charge in [0.25, 0.3) is 5.91 Å². The van der Waals surface area contributed by atoms with Gasteiger partial charge in [-0.25, -0.2) is 0 Å². The molecule has 1 heterocycles. The molecule has 21 heavy (non-hydrogen) atoms. The molecule has 6 heteroatoms. The van der Waals surface area contributed by atoms with E-state index in [1.807, 2.05) is 13.0 Å². The number of carbonyl (C=O) groups excluding carboxylic acids is 2. The van der Waals surface area contributed by atoms with Gasteiger partial charge in [-0.2, -0.15) is 0 Å². The predicted molar refractivity (Wildman–Crippen MR) is 83.0 cm³/mol. The Kier molecular flexibility index (Phi) is 4.67. The number of nitrogens with zero attached hydrogens (tertiary/aromatic N) is 1. The van der Waals surface area contributed by atoms with Gasteiger partial charge in [0.15, 0.2) is 0 Å². The normalized spacial score (nSPS) is 15.8. The van der Waals surface area contributed by atoms with Crippen LogP contribution in [0.15, 0.2) is 18.2 Å². The lowest BCUT2D eigenvalue weighted by atomic mass is 9.95. The van der Waals surface area contributed by atoms with Gasteiger partial charge in [-0.1, -0.05) is 0 Å². The van der Waals surface area contributed by atoms with Crippen LogP contribution in [0.4, 0.5) is 11.4 Å². The first-order chi connectivity index (χ1) is 10.0. The summed E-state index contributed by atoms with van der Waals surface area (Å²) in [5.74, 6) is -0.394. The molecular weight excluding hydrogens is 268 g/mol. The third kappa shape index (κ3) is 3.45. The van der Waals surface area contributed by atoms with Crippen molar-refractivity contribution < 1.29 is 9.59 Å². The lowest BCUT2D eigenvalue weighted by Gasteiger charge is -2.33. The maximum atomic E-state index is 11.8. The number of hydrogen-bond acceptors (Lipinski definition) is 4. The third-order valence-corrected chi connectivity index (χ3v) is 3.87. The molecule has 1 aliphatic heterocycles. The van der Waals surface area contributed by atoms with Crippen LogP contribution >= 0.6 is 0 Å². The molecule has 1 aromatic carbocycles. The molecule has 1 aromatic rings. The molecule has 0 bridgehead atoms. The first kappa shape index (κ1) is 15.2. The van der Waals surface area contributed by atoms with Crippen molar-refractivity contribution in [3.8, 4) is 0 Å². The van der Waals surface area contributed by atoms with Crippen LogP contribution in [0, 0.1) is 5.92 Å². The van der Waals surface area contributed by atoms with Crippen molar-refractivity contribution >= 4 is 23.2 Å². The second-order valence-electron chi connectivity index (χ2n) is 5.30. The zero-order valence-electron chi connectivity index (χ0n) is 12.3. The fraction of sp³-hybridized carbons (Fsp3) is 0.467. The van der Waals surface area contributed by atoms with Gasteiger partial charge >= 0.3 is 0 Å². The van der Waals surface area contributed by atoms with E-state index in [0.717, 1.165) is 31.6 Å². The molecule has 114 valence electrons. The molecular formula is C15H22N4O2. The first-order valence-corrected chi connectivity index (χ1v) is 7.25. The van der Waals surface area contributed by atoms with Crippen LogP contribution in [0.1, 0.15) is 30.1 Å². The van der Waals surface area contributed by atoms with Crippen molar-refractivity contribution in [1.82, 2.24) is 5.32 Å². The molecule has 0 aliphatic carbocycles. The number of anilines is 2. The number of nitrogens with two attached hydrogens (primary N) is 2. The summed E-state index contributed by atoms with van der Waals surface area (Å²) >= 11 is 0. The minimum atomic E-state index is -0.228. The van der Waals surface area contributed by atoms with Crippen LogP contribution < -0.4 is 21.7 Å². The summed E-state index contributed by atoms with van der Waals surface area (Å²) in [7, 11) is 0. The molecule has 1 aliphatic rings. The van der Waals surface area contributed by atoms with Crippen LogP contribution in [0.5, 0.6) is 0 Å². The van der Waals surface area contributed by atoms with Crippen molar-refractivity contribution in [3.05, 3.63) is 23.8 Å². The van der Waals surface area contributed by atoms with Crippen molar-refractivity contribution in [2.24, 2.45) is 11.7 Å². The molecule has 0 atom stereocenters. The van der Waals surface area contributed by atoms with E-state index >= 15 is 0 Å². The van der Waals surface area contributed by atoms with Gasteiger partial charge in [-0.05, 0) is 38.0 Å². The van der Waals surface area contributed by atoms with E-state index in [1.54, 1.807) is 12.1 Å². The summed E-state index contributed by atoms with van der Waals surface area (Å²) in [5, 5.41) is 2.75. The van der Waals surface area contributed by atoms with E-state index in [2.05, 4.69) is 10.2 Å². The average Bonchev–Trinajstić information content (AvgIpc) is 2.47. The molecule has 0 spiro atoms. The van der Waals surface area contributed by atoms with E-state index in [0.29, 0.717) is 17.8 Å². The zero-order chi connectivity index (χ0) is 15.4. The van der Waals surface area contributed by atoms with Gasteiger partial charge in [0.2, 0.25) is 5.91 Å². The largest absolute Gasteiger partial charge is 0.397 e. The summed E-state index contributed by atoms with van der Waals surface area (Å²) in [6.07, 6.45) is 1.49. The molecule has 1 fully saturated rings. The van der Waals surface area contributed by atoms with Gasteiger partial charge in [0.05, 0.1) is 11.4 Å². The molecule has 2 amide bonds. The van der Waals surface area contributed by atoms with E-state index < -0.39 is 0 Å². The van der Waals surface area contributed by atoms with E-state index in [-0.39, 0.29) is 17.7 Å². The second kappa shape index (κ2) is 6.47. The lowest BCUT2D eigenvalue weighted by molar-refractivity contribution is -0.122.